The van der Waals surface area contributed by atoms with Gasteiger partial charge >= 0.3 is 0 Å². The normalized spacial score (nSPS) is 10.3. The lowest BCUT2D eigenvalue weighted by atomic mass is 10.2. The van der Waals surface area contributed by atoms with E-state index in [9.17, 15) is 0 Å². The zero-order chi connectivity index (χ0) is 7.94. The second-order valence-corrected chi connectivity index (χ2v) is 4.35. The highest BCUT2D eigenvalue weighted by Gasteiger charge is 1.97. The maximum atomic E-state index is 2.44. The van der Waals surface area contributed by atoms with Crippen molar-refractivity contribution >= 4 is 33.9 Å². The van der Waals surface area contributed by atoms with Gasteiger partial charge in [0.05, 0.1) is 5.38 Å². The van der Waals surface area contributed by atoms with Crippen molar-refractivity contribution in [3.8, 4) is 0 Å². The molecule has 0 aliphatic heterocycles. The van der Waals surface area contributed by atoms with Crippen molar-refractivity contribution in [3.05, 3.63) is 17.1 Å². The molecule has 0 N–H and O–H groups in total. The van der Waals surface area contributed by atoms with Gasteiger partial charge in [0.25, 0.3) is 0 Å². The van der Waals surface area contributed by atoms with Gasteiger partial charge in [-0.2, -0.15) is 4.57 Å². The molecule has 0 saturated carbocycles. The van der Waals surface area contributed by atoms with Crippen LogP contribution in [0.25, 0.3) is 0 Å². The van der Waals surface area contributed by atoms with Gasteiger partial charge in [0.15, 0.2) is 6.20 Å². The number of hydrogen-bond donors (Lipinski definition) is 0. The van der Waals surface area contributed by atoms with Crippen molar-refractivity contribution in [2.75, 3.05) is 4.43 Å². The van der Waals surface area contributed by atoms with Crippen LogP contribution in [0.4, 0.5) is 0 Å². The first kappa shape index (κ1) is 9.45. The molecule has 0 spiro atoms. The number of rotatable bonds is 5. The Morgan fingerprint density at radius 3 is 2.82 bits per heavy atom. The van der Waals surface area contributed by atoms with Gasteiger partial charge in [0.2, 0.25) is 5.51 Å². The predicted octanol–water partition coefficient (Wildman–Crippen LogP) is 2.64. The van der Waals surface area contributed by atoms with Crippen LogP contribution in [-0.2, 0) is 6.54 Å². The van der Waals surface area contributed by atoms with Gasteiger partial charge in [0.1, 0.15) is 6.54 Å². The third-order valence-electron chi connectivity index (χ3n) is 1.58. The van der Waals surface area contributed by atoms with E-state index in [0.29, 0.717) is 0 Å². The van der Waals surface area contributed by atoms with Gasteiger partial charge in [-0.25, -0.2) is 0 Å². The highest BCUT2D eigenvalue weighted by atomic mass is 127. The lowest BCUT2D eigenvalue weighted by molar-refractivity contribution is -0.692. The summed E-state index contributed by atoms with van der Waals surface area (Å²) in [5.41, 5.74) is 2.17. The first-order chi connectivity index (χ1) is 5.43. The number of thiazole rings is 1. The van der Waals surface area contributed by atoms with Gasteiger partial charge in [-0.05, 0) is 17.3 Å². The quantitative estimate of drug-likeness (QED) is 0.338. The van der Waals surface area contributed by atoms with Crippen molar-refractivity contribution in [1.82, 2.24) is 0 Å². The molecule has 1 nitrogen and oxygen atoms in total. The summed E-state index contributed by atoms with van der Waals surface area (Å²) < 4.78 is 3.56. The average molecular weight is 282 g/mol. The number of aromatic nitrogens is 1. The molecule has 11 heavy (non-hydrogen) atoms. The van der Waals surface area contributed by atoms with E-state index in [1.807, 2.05) is 0 Å². The molecule has 1 aromatic rings. The molecule has 62 valence electrons. The van der Waals surface area contributed by atoms with E-state index in [0.717, 1.165) is 0 Å². The van der Waals surface area contributed by atoms with E-state index in [-0.39, 0.29) is 0 Å². The third-order valence-corrected chi connectivity index (χ3v) is 3.01. The fourth-order valence-electron chi connectivity index (χ4n) is 0.955. The summed E-state index contributed by atoms with van der Waals surface area (Å²) in [7, 11) is 0. The molecular weight excluding hydrogens is 269 g/mol. The topological polar surface area (TPSA) is 3.88 Å². The maximum Gasteiger partial charge on any atom is 0.224 e. The molecule has 0 atom stereocenters. The number of aryl methyl sites for hydroxylation is 1. The minimum Gasteiger partial charge on any atom is -0.195 e. The smallest absolute Gasteiger partial charge is 0.195 e. The van der Waals surface area contributed by atoms with Crippen molar-refractivity contribution in [2.24, 2.45) is 0 Å². The Morgan fingerprint density at radius 1 is 1.27 bits per heavy atom. The summed E-state index contributed by atoms with van der Waals surface area (Å²) in [4.78, 5) is 0. The fourth-order valence-corrected chi connectivity index (χ4v) is 2.12. The molecule has 1 aromatic heterocycles. The van der Waals surface area contributed by atoms with Crippen LogP contribution < -0.4 is 4.57 Å². The molecule has 0 bridgehead atoms. The SMILES string of the molecule is ICCCCC[n+]1ccsc1. The molecule has 1 rings (SSSR count). The minimum absolute atomic E-state index is 1.19. The molecule has 0 amide bonds. The van der Waals surface area contributed by atoms with Crippen molar-refractivity contribution in [2.45, 2.75) is 25.8 Å². The molecule has 0 unspecified atom stereocenters. The lowest BCUT2D eigenvalue weighted by Crippen LogP contribution is -2.29. The zero-order valence-electron chi connectivity index (χ0n) is 6.50. The number of unbranched alkanes of at least 4 members (excludes halogenated alkanes) is 2. The van der Waals surface area contributed by atoms with Crippen molar-refractivity contribution in [1.29, 1.82) is 0 Å². The first-order valence-corrected chi connectivity index (χ1v) is 6.37. The van der Waals surface area contributed by atoms with Crippen LogP contribution in [0.15, 0.2) is 17.1 Å². The Balaban J connectivity index is 2.04. The minimum atomic E-state index is 1.19. The van der Waals surface area contributed by atoms with E-state index in [4.69, 9.17) is 0 Å². The van der Waals surface area contributed by atoms with Crippen LogP contribution in [0.2, 0.25) is 0 Å². The summed E-state index contributed by atoms with van der Waals surface area (Å²) >= 11 is 4.20. The molecular formula is C8H13INS+. The maximum absolute atomic E-state index is 2.44. The second kappa shape index (κ2) is 5.94. The highest BCUT2D eigenvalue weighted by Crippen LogP contribution is 1.99. The summed E-state index contributed by atoms with van der Waals surface area (Å²) in [5, 5.41) is 2.12. The Kier molecular flexibility index (Phi) is 5.10. The molecule has 3 heteroatoms. The highest BCUT2D eigenvalue weighted by molar-refractivity contribution is 14.1. The Bertz CT molecular complexity index is 174. The standard InChI is InChI=1S/C8H13INS/c9-4-2-1-3-5-10-6-7-11-8-10/h6-8H,1-5H2/q+1. The summed E-state index contributed by atoms with van der Waals surface area (Å²) in [6.45, 7) is 1.19. The Morgan fingerprint density at radius 2 is 2.18 bits per heavy atom. The Labute approximate surface area is 85.6 Å². The summed E-state index contributed by atoms with van der Waals surface area (Å²) in [6.07, 6.45) is 6.20. The number of halogens is 1. The largest absolute Gasteiger partial charge is 0.224 e. The third kappa shape index (κ3) is 4.06. The van der Waals surface area contributed by atoms with Crippen molar-refractivity contribution in [3.63, 3.8) is 0 Å². The van der Waals surface area contributed by atoms with Crippen LogP contribution in [0.3, 0.4) is 0 Å². The van der Waals surface area contributed by atoms with Crippen LogP contribution >= 0.6 is 33.9 Å². The molecule has 0 saturated heterocycles. The van der Waals surface area contributed by atoms with E-state index in [2.05, 4.69) is 44.2 Å². The second-order valence-electron chi connectivity index (χ2n) is 2.51. The molecule has 0 fully saturated rings. The van der Waals surface area contributed by atoms with Gasteiger partial charge in [-0.3, -0.25) is 0 Å². The van der Waals surface area contributed by atoms with Gasteiger partial charge < -0.3 is 0 Å². The van der Waals surface area contributed by atoms with Crippen LogP contribution in [0.1, 0.15) is 19.3 Å². The summed E-state index contributed by atoms with van der Waals surface area (Å²) in [5.74, 6) is 0. The van der Waals surface area contributed by atoms with Gasteiger partial charge in [0, 0.05) is 6.42 Å². The van der Waals surface area contributed by atoms with Crippen LogP contribution in [-0.4, -0.2) is 4.43 Å². The number of hydrogen-bond acceptors (Lipinski definition) is 1. The number of nitrogens with zero attached hydrogens (tertiary/aromatic N) is 1. The van der Waals surface area contributed by atoms with E-state index >= 15 is 0 Å². The summed E-state index contributed by atoms with van der Waals surface area (Å²) in [6, 6.07) is 0. The molecule has 0 aromatic carbocycles. The fraction of sp³-hybridized carbons (Fsp3) is 0.625. The first-order valence-electron chi connectivity index (χ1n) is 3.90. The van der Waals surface area contributed by atoms with Crippen LogP contribution in [0, 0.1) is 0 Å². The van der Waals surface area contributed by atoms with E-state index < -0.39 is 0 Å². The van der Waals surface area contributed by atoms with Crippen molar-refractivity contribution < 1.29 is 4.57 Å². The molecule has 0 aliphatic carbocycles. The predicted molar refractivity (Wildman–Crippen MR) is 57.3 cm³/mol. The molecule has 0 radical (unpaired) electrons. The van der Waals surface area contributed by atoms with Gasteiger partial charge in [-0.15, -0.1) is 0 Å². The van der Waals surface area contributed by atoms with Crippen LogP contribution in [0.5, 0.6) is 0 Å². The number of alkyl halides is 1. The van der Waals surface area contributed by atoms with Gasteiger partial charge in [-0.1, -0.05) is 33.9 Å². The lowest BCUT2D eigenvalue weighted by Gasteiger charge is -1.92. The van der Waals surface area contributed by atoms with E-state index in [1.165, 1.54) is 30.2 Å². The van der Waals surface area contributed by atoms with E-state index in [1.54, 1.807) is 11.3 Å². The zero-order valence-corrected chi connectivity index (χ0v) is 9.48. The Hall–Kier alpha value is 0.360. The molecule has 0 aliphatic rings. The average Bonchev–Trinajstić information content (AvgIpc) is 2.50. The molecule has 1 heterocycles. The monoisotopic (exact) mass is 282 g/mol.